The van der Waals surface area contributed by atoms with Crippen LogP contribution in [0.25, 0.3) is 10.9 Å². The number of carbonyl (C=O) groups is 1. The number of ether oxygens (including phenoxy) is 1. The summed E-state index contributed by atoms with van der Waals surface area (Å²) in [6.45, 7) is 0.00447. The number of alkyl halides is 2. The molecule has 1 heterocycles. The van der Waals surface area contributed by atoms with Gasteiger partial charge in [-0.2, -0.15) is 8.78 Å². The lowest BCUT2D eigenvalue weighted by Crippen LogP contribution is -2.31. The topological polar surface area (TPSA) is 86.4 Å². The largest absolute Gasteiger partial charge is 0.495 e. The van der Waals surface area contributed by atoms with E-state index in [-0.39, 0.29) is 13.0 Å². The minimum Gasteiger partial charge on any atom is -0.495 e. The Hall–Kier alpha value is -1.90. The summed E-state index contributed by atoms with van der Waals surface area (Å²) >= 11 is 6.10. The van der Waals surface area contributed by atoms with Gasteiger partial charge in [-0.15, -0.1) is 0 Å². The van der Waals surface area contributed by atoms with Crippen LogP contribution >= 0.6 is 11.6 Å². The lowest BCUT2D eigenvalue weighted by Gasteiger charge is -2.11. The van der Waals surface area contributed by atoms with E-state index >= 15 is 0 Å². The molecule has 24 heavy (non-hydrogen) atoms. The second kappa shape index (κ2) is 7.78. The maximum absolute atomic E-state index is 12.3. The van der Waals surface area contributed by atoms with Crippen LogP contribution in [0, 0.1) is 0 Å². The average Bonchev–Trinajstić information content (AvgIpc) is 2.90. The van der Waals surface area contributed by atoms with E-state index in [0.717, 1.165) is 5.39 Å². The van der Waals surface area contributed by atoms with E-state index in [9.17, 15) is 18.7 Å². The number of aliphatic hydroxyl groups is 1. The SMILES string of the molecule is CNC(O)c1[nH]c2cc(Cl)c(OC)cc2c1CCNC(=O)C(F)F. The summed E-state index contributed by atoms with van der Waals surface area (Å²) in [6.07, 6.45) is -3.80. The smallest absolute Gasteiger partial charge is 0.315 e. The van der Waals surface area contributed by atoms with E-state index in [1.807, 2.05) is 0 Å². The van der Waals surface area contributed by atoms with Gasteiger partial charge < -0.3 is 20.1 Å². The summed E-state index contributed by atoms with van der Waals surface area (Å²) in [7, 11) is 3.05. The molecule has 1 atom stereocenters. The van der Waals surface area contributed by atoms with Crippen LogP contribution in [-0.4, -0.2) is 43.1 Å². The minimum absolute atomic E-state index is 0.00447. The molecule has 0 aliphatic rings. The van der Waals surface area contributed by atoms with Gasteiger partial charge in [0.25, 0.3) is 5.91 Å². The quantitative estimate of drug-likeness (QED) is 0.568. The molecule has 0 fully saturated rings. The van der Waals surface area contributed by atoms with Crippen LogP contribution in [0.3, 0.4) is 0 Å². The normalized spacial score (nSPS) is 12.6. The van der Waals surface area contributed by atoms with E-state index < -0.39 is 18.6 Å². The van der Waals surface area contributed by atoms with Crippen LogP contribution < -0.4 is 15.4 Å². The van der Waals surface area contributed by atoms with Crippen molar-refractivity contribution in [3.05, 3.63) is 28.4 Å². The Labute approximate surface area is 142 Å². The molecule has 9 heteroatoms. The Morgan fingerprint density at radius 3 is 2.75 bits per heavy atom. The highest BCUT2D eigenvalue weighted by molar-refractivity contribution is 6.32. The first-order valence-corrected chi connectivity index (χ1v) is 7.56. The van der Waals surface area contributed by atoms with Gasteiger partial charge in [-0.3, -0.25) is 10.1 Å². The number of methoxy groups -OCH3 is 1. The maximum atomic E-state index is 12.3. The number of aliphatic hydroxyl groups excluding tert-OH is 1. The molecular formula is C15H18ClF2N3O3. The highest BCUT2D eigenvalue weighted by atomic mass is 35.5. The van der Waals surface area contributed by atoms with Crippen molar-refractivity contribution >= 4 is 28.4 Å². The van der Waals surface area contributed by atoms with Crippen molar-refractivity contribution in [1.82, 2.24) is 15.6 Å². The number of fused-ring (bicyclic) bond motifs is 1. The molecule has 1 aromatic carbocycles. The third-order valence-electron chi connectivity index (χ3n) is 3.63. The zero-order chi connectivity index (χ0) is 17.9. The second-order valence-corrected chi connectivity index (χ2v) is 5.49. The monoisotopic (exact) mass is 361 g/mol. The number of benzene rings is 1. The van der Waals surface area contributed by atoms with Gasteiger partial charge in [0.15, 0.2) is 0 Å². The predicted octanol–water partition coefficient (Wildman–Crippen LogP) is 1.96. The third kappa shape index (κ3) is 3.77. The summed E-state index contributed by atoms with van der Waals surface area (Å²) in [5.74, 6) is -0.877. The first-order valence-electron chi connectivity index (χ1n) is 7.18. The molecule has 0 aliphatic heterocycles. The van der Waals surface area contributed by atoms with Gasteiger partial charge in [0, 0.05) is 17.4 Å². The zero-order valence-corrected chi connectivity index (χ0v) is 13.9. The average molecular weight is 362 g/mol. The van der Waals surface area contributed by atoms with Crippen molar-refractivity contribution in [3.63, 3.8) is 0 Å². The van der Waals surface area contributed by atoms with E-state index in [1.54, 1.807) is 19.2 Å². The highest BCUT2D eigenvalue weighted by Gasteiger charge is 2.20. The number of H-pyrrole nitrogens is 1. The maximum Gasteiger partial charge on any atom is 0.315 e. The Kier molecular flexibility index (Phi) is 5.98. The molecule has 1 unspecified atom stereocenters. The lowest BCUT2D eigenvalue weighted by molar-refractivity contribution is -0.131. The minimum atomic E-state index is -3.06. The molecule has 0 spiro atoms. The van der Waals surface area contributed by atoms with Crippen LogP contribution in [0.1, 0.15) is 17.5 Å². The van der Waals surface area contributed by atoms with Gasteiger partial charge in [0.1, 0.15) is 12.0 Å². The molecule has 0 saturated heterocycles. The van der Waals surface area contributed by atoms with Crippen molar-refractivity contribution in [3.8, 4) is 5.75 Å². The summed E-state index contributed by atoms with van der Waals surface area (Å²) in [5.41, 5.74) is 1.82. The van der Waals surface area contributed by atoms with Gasteiger partial charge >= 0.3 is 6.43 Å². The first-order chi connectivity index (χ1) is 11.4. The number of rotatable bonds is 7. The molecule has 0 bridgehead atoms. The number of halogens is 3. The van der Waals surface area contributed by atoms with Gasteiger partial charge in [-0.25, -0.2) is 0 Å². The molecular weight excluding hydrogens is 344 g/mol. The molecule has 1 amide bonds. The number of aromatic amines is 1. The van der Waals surface area contributed by atoms with Gasteiger partial charge in [-0.1, -0.05) is 11.6 Å². The molecule has 0 saturated carbocycles. The summed E-state index contributed by atoms with van der Waals surface area (Å²) < 4.78 is 29.7. The molecule has 1 aromatic heterocycles. The molecule has 2 rings (SSSR count). The fraction of sp³-hybridized carbons (Fsp3) is 0.400. The van der Waals surface area contributed by atoms with E-state index in [0.29, 0.717) is 27.5 Å². The van der Waals surface area contributed by atoms with E-state index in [2.05, 4.69) is 15.6 Å². The standard InChI is InChI=1S/C15H18ClF2N3O3/c1-19-14(22)12-7(3-4-20-15(23)13(17)18)8-5-11(24-2)9(16)6-10(8)21-12/h5-6,13-14,19,21-22H,3-4H2,1-2H3,(H,20,23). The molecule has 4 N–H and O–H groups in total. The van der Waals surface area contributed by atoms with Crippen LogP contribution in [0.4, 0.5) is 8.78 Å². The summed E-state index contributed by atoms with van der Waals surface area (Å²) in [4.78, 5) is 14.0. The number of hydrogen-bond acceptors (Lipinski definition) is 4. The van der Waals surface area contributed by atoms with Crippen LogP contribution in [0.15, 0.2) is 12.1 Å². The van der Waals surface area contributed by atoms with Gasteiger partial charge in [-0.05, 0) is 31.2 Å². The van der Waals surface area contributed by atoms with Crippen LogP contribution in [0.5, 0.6) is 5.75 Å². The number of nitrogens with one attached hydrogen (secondary N) is 3. The predicted molar refractivity (Wildman–Crippen MR) is 86.6 cm³/mol. The van der Waals surface area contributed by atoms with Crippen molar-refractivity contribution < 1.29 is 23.4 Å². The van der Waals surface area contributed by atoms with E-state index in [1.165, 1.54) is 7.11 Å². The van der Waals surface area contributed by atoms with Crippen molar-refractivity contribution in [2.24, 2.45) is 0 Å². The molecule has 132 valence electrons. The van der Waals surface area contributed by atoms with Crippen molar-refractivity contribution in [1.29, 1.82) is 0 Å². The molecule has 6 nitrogen and oxygen atoms in total. The second-order valence-electron chi connectivity index (χ2n) is 5.08. The Bertz CT molecular complexity index is 736. The third-order valence-corrected chi connectivity index (χ3v) is 3.93. The Morgan fingerprint density at radius 2 is 2.17 bits per heavy atom. The fourth-order valence-corrected chi connectivity index (χ4v) is 2.70. The van der Waals surface area contributed by atoms with Crippen molar-refractivity contribution in [2.75, 3.05) is 20.7 Å². The van der Waals surface area contributed by atoms with Crippen LogP contribution in [0.2, 0.25) is 5.02 Å². The number of hydrogen-bond donors (Lipinski definition) is 4. The molecule has 0 aliphatic carbocycles. The van der Waals surface area contributed by atoms with Crippen LogP contribution in [-0.2, 0) is 11.2 Å². The Morgan fingerprint density at radius 1 is 1.46 bits per heavy atom. The first kappa shape index (κ1) is 18.4. The van der Waals surface area contributed by atoms with Gasteiger partial charge in [0.2, 0.25) is 0 Å². The zero-order valence-electron chi connectivity index (χ0n) is 13.1. The van der Waals surface area contributed by atoms with Crippen molar-refractivity contribution in [2.45, 2.75) is 19.1 Å². The summed E-state index contributed by atoms with van der Waals surface area (Å²) in [5, 5.41) is 16.1. The highest BCUT2D eigenvalue weighted by Crippen LogP contribution is 2.34. The molecule has 0 radical (unpaired) electrons. The fourth-order valence-electron chi connectivity index (χ4n) is 2.46. The number of aromatic nitrogens is 1. The van der Waals surface area contributed by atoms with E-state index in [4.69, 9.17) is 16.3 Å². The Balaban J connectivity index is 2.38. The summed E-state index contributed by atoms with van der Waals surface area (Å²) in [6, 6.07) is 3.35. The number of amides is 1. The van der Waals surface area contributed by atoms with Gasteiger partial charge in [0.05, 0.1) is 17.8 Å². The number of carbonyl (C=O) groups excluding carboxylic acids is 1. The lowest BCUT2D eigenvalue weighted by atomic mass is 10.1. The molecule has 2 aromatic rings.